The van der Waals surface area contributed by atoms with Crippen LogP contribution >= 0.6 is 23.2 Å². The second kappa shape index (κ2) is 5.70. The lowest BCUT2D eigenvalue weighted by Gasteiger charge is -2.19. The summed E-state index contributed by atoms with van der Waals surface area (Å²) in [4.78, 5) is 11.9. The van der Waals surface area contributed by atoms with Crippen LogP contribution in [-0.2, 0) is 6.42 Å². The zero-order valence-electron chi connectivity index (χ0n) is 11.6. The van der Waals surface area contributed by atoms with E-state index in [1.807, 2.05) is 43.3 Å². The smallest absolute Gasteiger partial charge is 0.251 e. The predicted octanol–water partition coefficient (Wildman–Crippen LogP) is 4.26. The molecule has 0 radical (unpaired) electrons. The standard InChI is InChI=1S/C17H15Cl2NO/c1-10-2-5-13(15(18)8-10)16(19)12-4-3-11-6-7-20-17(21)14(11)9-12/h2-5,8-9,16H,6-7H2,1H3,(H,20,21). The molecule has 1 heterocycles. The Kier molecular flexibility index (Phi) is 3.92. The fourth-order valence-corrected chi connectivity index (χ4v) is 3.33. The van der Waals surface area contributed by atoms with E-state index in [0.29, 0.717) is 17.1 Å². The highest BCUT2D eigenvalue weighted by molar-refractivity contribution is 6.33. The van der Waals surface area contributed by atoms with Crippen LogP contribution in [0.1, 0.15) is 38.0 Å². The van der Waals surface area contributed by atoms with E-state index in [4.69, 9.17) is 23.2 Å². The second-order valence-corrected chi connectivity index (χ2v) is 6.15. The van der Waals surface area contributed by atoms with E-state index in [1.165, 1.54) is 0 Å². The van der Waals surface area contributed by atoms with Crippen molar-refractivity contribution < 1.29 is 4.79 Å². The van der Waals surface area contributed by atoms with E-state index >= 15 is 0 Å². The van der Waals surface area contributed by atoms with Crippen LogP contribution in [0.15, 0.2) is 36.4 Å². The number of aryl methyl sites for hydroxylation is 1. The maximum atomic E-state index is 11.9. The number of carbonyl (C=O) groups is 1. The molecule has 2 aromatic carbocycles. The molecule has 108 valence electrons. The molecular formula is C17H15Cl2NO. The summed E-state index contributed by atoms with van der Waals surface area (Å²) in [5, 5.41) is 3.14. The lowest BCUT2D eigenvalue weighted by Crippen LogP contribution is -2.31. The Labute approximate surface area is 134 Å². The van der Waals surface area contributed by atoms with Crippen LogP contribution in [0.25, 0.3) is 0 Å². The summed E-state index contributed by atoms with van der Waals surface area (Å²) in [7, 11) is 0. The first-order valence-electron chi connectivity index (χ1n) is 6.87. The average molecular weight is 320 g/mol. The minimum absolute atomic E-state index is 0.0306. The van der Waals surface area contributed by atoms with E-state index < -0.39 is 0 Å². The lowest BCUT2D eigenvalue weighted by atomic mass is 9.95. The number of alkyl halides is 1. The van der Waals surface area contributed by atoms with Crippen LogP contribution < -0.4 is 5.32 Å². The van der Waals surface area contributed by atoms with Gasteiger partial charge in [0.2, 0.25) is 0 Å². The van der Waals surface area contributed by atoms with Gasteiger partial charge in [-0.3, -0.25) is 4.79 Å². The molecule has 2 aromatic rings. The molecule has 0 spiro atoms. The van der Waals surface area contributed by atoms with Crippen molar-refractivity contribution in [1.82, 2.24) is 5.32 Å². The van der Waals surface area contributed by atoms with Crippen LogP contribution in [0, 0.1) is 6.92 Å². The Morgan fingerprint density at radius 1 is 1.19 bits per heavy atom. The van der Waals surface area contributed by atoms with Gasteiger partial charge in [0.15, 0.2) is 0 Å². The van der Waals surface area contributed by atoms with Gasteiger partial charge in [0.05, 0.1) is 5.38 Å². The molecule has 1 amide bonds. The number of rotatable bonds is 2. The van der Waals surface area contributed by atoms with Crippen molar-refractivity contribution in [2.45, 2.75) is 18.7 Å². The molecule has 0 saturated carbocycles. The van der Waals surface area contributed by atoms with Crippen molar-refractivity contribution in [2.24, 2.45) is 0 Å². The van der Waals surface area contributed by atoms with Gasteiger partial charge in [-0.1, -0.05) is 35.9 Å². The lowest BCUT2D eigenvalue weighted by molar-refractivity contribution is 0.0946. The monoisotopic (exact) mass is 319 g/mol. The quantitative estimate of drug-likeness (QED) is 0.823. The number of amides is 1. The van der Waals surface area contributed by atoms with E-state index in [0.717, 1.165) is 28.7 Å². The molecule has 0 aliphatic carbocycles. The fourth-order valence-electron chi connectivity index (χ4n) is 2.60. The fraction of sp³-hybridized carbons (Fsp3) is 0.235. The summed E-state index contributed by atoms with van der Waals surface area (Å²) in [6.45, 7) is 2.68. The third-order valence-electron chi connectivity index (χ3n) is 3.78. The van der Waals surface area contributed by atoms with Crippen molar-refractivity contribution >= 4 is 29.1 Å². The molecule has 0 fully saturated rings. The molecule has 1 atom stereocenters. The predicted molar refractivity (Wildman–Crippen MR) is 86.4 cm³/mol. The second-order valence-electron chi connectivity index (χ2n) is 5.31. The summed E-state index contributed by atoms with van der Waals surface area (Å²) >= 11 is 12.8. The van der Waals surface area contributed by atoms with Crippen molar-refractivity contribution in [3.8, 4) is 0 Å². The van der Waals surface area contributed by atoms with Gasteiger partial charge in [-0.15, -0.1) is 11.6 Å². The van der Waals surface area contributed by atoms with Gasteiger partial charge in [0.1, 0.15) is 0 Å². The summed E-state index contributed by atoms with van der Waals surface area (Å²) in [5.74, 6) is -0.0306. The summed E-state index contributed by atoms with van der Waals surface area (Å²) in [6.07, 6.45) is 0.861. The largest absolute Gasteiger partial charge is 0.352 e. The molecule has 2 nitrogen and oxygen atoms in total. The Bertz CT molecular complexity index is 712. The first kappa shape index (κ1) is 14.4. The number of benzene rings is 2. The number of carbonyl (C=O) groups excluding carboxylic acids is 1. The summed E-state index contributed by atoms with van der Waals surface area (Å²) in [6, 6.07) is 11.7. The van der Waals surface area contributed by atoms with Gasteiger partial charge in [-0.2, -0.15) is 0 Å². The van der Waals surface area contributed by atoms with Crippen LogP contribution in [0.2, 0.25) is 5.02 Å². The van der Waals surface area contributed by atoms with E-state index in [1.54, 1.807) is 0 Å². The molecule has 1 unspecified atom stereocenters. The Balaban J connectivity index is 2.00. The number of nitrogens with one attached hydrogen (secondary N) is 1. The van der Waals surface area contributed by atoms with Gasteiger partial charge < -0.3 is 5.32 Å². The number of fused-ring (bicyclic) bond motifs is 1. The normalized spacial score (nSPS) is 15.3. The van der Waals surface area contributed by atoms with Crippen LogP contribution in [-0.4, -0.2) is 12.5 Å². The third kappa shape index (κ3) is 2.78. The SMILES string of the molecule is Cc1ccc(C(Cl)c2ccc3c(c2)C(=O)NCC3)c(Cl)c1. The van der Waals surface area contributed by atoms with Crippen LogP contribution in [0.5, 0.6) is 0 Å². The van der Waals surface area contributed by atoms with Gasteiger partial charge in [-0.25, -0.2) is 0 Å². The summed E-state index contributed by atoms with van der Waals surface area (Å²) < 4.78 is 0. The minimum Gasteiger partial charge on any atom is -0.352 e. The zero-order chi connectivity index (χ0) is 15.0. The molecular weight excluding hydrogens is 305 g/mol. The molecule has 3 rings (SSSR count). The van der Waals surface area contributed by atoms with E-state index in [9.17, 15) is 4.79 Å². The highest BCUT2D eigenvalue weighted by atomic mass is 35.5. The Morgan fingerprint density at radius 2 is 2.00 bits per heavy atom. The maximum absolute atomic E-state index is 11.9. The van der Waals surface area contributed by atoms with Gasteiger partial charge in [-0.05, 0) is 47.7 Å². The van der Waals surface area contributed by atoms with Gasteiger partial charge in [0, 0.05) is 17.1 Å². The molecule has 4 heteroatoms. The van der Waals surface area contributed by atoms with Crippen LogP contribution in [0.4, 0.5) is 0 Å². The Morgan fingerprint density at radius 3 is 2.76 bits per heavy atom. The molecule has 1 aliphatic rings. The zero-order valence-corrected chi connectivity index (χ0v) is 13.1. The van der Waals surface area contributed by atoms with Crippen molar-refractivity contribution in [2.75, 3.05) is 6.54 Å². The summed E-state index contributed by atoms with van der Waals surface area (Å²) in [5.41, 5.74) is 4.63. The molecule has 21 heavy (non-hydrogen) atoms. The number of hydrogen-bond acceptors (Lipinski definition) is 1. The van der Waals surface area contributed by atoms with Crippen LogP contribution in [0.3, 0.4) is 0 Å². The topological polar surface area (TPSA) is 29.1 Å². The number of hydrogen-bond donors (Lipinski definition) is 1. The van der Waals surface area contributed by atoms with Gasteiger partial charge in [0.25, 0.3) is 5.91 Å². The molecule has 0 bridgehead atoms. The molecule has 0 saturated heterocycles. The highest BCUT2D eigenvalue weighted by Crippen LogP contribution is 2.35. The maximum Gasteiger partial charge on any atom is 0.251 e. The Hall–Kier alpha value is -1.51. The van der Waals surface area contributed by atoms with Gasteiger partial charge >= 0.3 is 0 Å². The highest BCUT2D eigenvalue weighted by Gasteiger charge is 2.20. The first-order chi connectivity index (χ1) is 10.1. The van der Waals surface area contributed by atoms with Crippen molar-refractivity contribution in [1.29, 1.82) is 0 Å². The third-order valence-corrected chi connectivity index (χ3v) is 4.59. The van der Waals surface area contributed by atoms with Crippen molar-refractivity contribution in [3.63, 3.8) is 0 Å². The van der Waals surface area contributed by atoms with Crippen molar-refractivity contribution in [3.05, 3.63) is 69.2 Å². The average Bonchev–Trinajstić information content (AvgIpc) is 2.47. The molecule has 1 aliphatic heterocycles. The van der Waals surface area contributed by atoms with E-state index in [2.05, 4.69) is 5.32 Å². The van der Waals surface area contributed by atoms with E-state index in [-0.39, 0.29) is 11.3 Å². The first-order valence-corrected chi connectivity index (χ1v) is 7.69. The minimum atomic E-state index is -0.363. The molecule has 1 N–H and O–H groups in total. The molecule has 0 aromatic heterocycles. The number of halogens is 2.